The third-order valence-corrected chi connectivity index (χ3v) is 8.57. The number of hydrogen-bond donors (Lipinski definition) is 1. The first kappa shape index (κ1) is 29.9. The molecule has 0 radical (unpaired) electrons. The van der Waals surface area contributed by atoms with Gasteiger partial charge in [0.05, 0.1) is 22.5 Å². The molecule has 2 amide bonds. The van der Waals surface area contributed by atoms with Crippen molar-refractivity contribution in [2.75, 3.05) is 18.5 Å². The van der Waals surface area contributed by atoms with Crippen LogP contribution in [-0.4, -0.2) is 46.1 Å². The lowest BCUT2D eigenvalue weighted by molar-refractivity contribution is -0.137. The summed E-state index contributed by atoms with van der Waals surface area (Å²) in [6.07, 6.45) is -1.27. The number of carbonyl (C=O) groups is 2. The minimum atomic E-state index is -4.67. The molecule has 0 bridgehead atoms. The highest BCUT2D eigenvalue weighted by Crippen LogP contribution is 2.55. The zero-order valence-corrected chi connectivity index (χ0v) is 24.3. The van der Waals surface area contributed by atoms with Crippen molar-refractivity contribution in [1.29, 1.82) is 5.26 Å². The quantitative estimate of drug-likeness (QED) is 0.163. The van der Waals surface area contributed by atoms with Gasteiger partial charge in [0, 0.05) is 30.6 Å². The van der Waals surface area contributed by atoms with Crippen molar-refractivity contribution in [3.8, 4) is 11.9 Å². The Hall–Kier alpha value is -5.18. The normalized spacial score (nSPS) is 18.6. The third-order valence-electron chi connectivity index (χ3n) is 8.57. The topological polar surface area (TPSA) is 94.3 Å². The summed E-state index contributed by atoms with van der Waals surface area (Å²) in [5.41, 5.74) is 0.190. The van der Waals surface area contributed by atoms with E-state index in [1.165, 1.54) is 40.1 Å². The number of aromatic nitrogens is 2. The van der Waals surface area contributed by atoms with Gasteiger partial charge in [0.25, 0.3) is 11.8 Å². The van der Waals surface area contributed by atoms with Crippen LogP contribution in [0.1, 0.15) is 58.4 Å². The van der Waals surface area contributed by atoms with Crippen LogP contribution in [0.25, 0.3) is 5.69 Å². The van der Waals surface area contributed by atoms with E-state index in [9.17, 15) is 32.4 Å². The molecule has 1 saturated carbocycles. The number of hydrogen-bond acceptors (Lipinski definition) is 5. The van der Waals surface area contributed by atoms with Crippen LogP contribution >= 0.6 is 0 Å². The summed E-state index contributed by atoms with van der Waals surface area (Å²) in [4.78, 5) is 30.9. The number of benzene rings is 3. The summed E-state index contributed by atoms with van der Waals surface area (Å²) in [5.74, 6) is -2.37. The largest absolute Gasteiger partial charge is 0.416 e. The molecule has 4 aromatic rings. The minimum Gasteiger partial charge on any atom is -0.339 e. The Morgan fingerprint density at radius 1 is 1.09 bits per heavy atom. The molecule has 12 heteroatoms. The molecule has 1 fully saturated rings. The maximum absolute atomic E-state index is 14.4. The van der Waals surface area contributed by atoms with E-state index in [0.717, 1.165) is 18.2 Å². The van der Waals surface area contributed by atoms with Crippen LogP contribution in [0.5, 0.6) is 0 Å². The van der Waals surface area contributed by atoms with Gasteiger partial charge in [-0.3, -0.25) is 14.5 Å². The number of carbonyl (C=O) groups excluding carboxylic acids is 2. The number of alkyl halides is 3. The van der Waals surface area contributed by atoms with Crippen LogP contribution < -0.4 is 10.2 Å². The first-order chi connectivity index (χ1) is 21.5. The van der Waals surface area contributed by atoms with Crippen molar-refractivity contribution in [2.45, 2.75) is 43.4 Å². The van der Waals surface area contributed by atoms with Gasteiger partial charge in [0.1, 0.15) is 17.7 Å². The lowest BCUT2D eigenvalue weighted by atomic mass is 9.79. The van der Waals surface area contributed by atoms with E-state index in [1.54, 1.807) is 18.7 Å². The zero-order valence-electron chi connectivity index (χ0n) is 24.3. The lowest BCUT2D eigenvalue weighted by Gasteiger charge is -2.39. The summed E-state index contributed by atoms with van der Waals surface area (Å²) < 4.78 is 56.2. The number of likely N-dealkylation sites (N-methyl/N-ethyl adjacent to an activating group) is 1. The Balaban J connectivity index is 1.58. The predicted molar refractivity (Wildman–Crippen MR) is 157 cm³/mol. The van der Waals surface area contributed by atoms with Crippen molar-refractivity contribution < 1.29 is 27.2 Å². The molecule has 6 rings (SSSR count). The van der Waals surface area contributed by atoms with E-state index in [-0.39, 0.29) is 12.1 Å². The Bertz CT molecular complexity index is 1810. The molecular weight excluding hydrogens is 588 g/mol. The number of anilines is 1. The van der Waals surface area contributed by atoms with Crippen LogP contribution in [0, 0.1) is 17.3 Å². The number of halogens is 4. The third kappa shape index (κ3) is 5.08. The first-order valence-electron chi connectivity index (χ1n) is 14.4. The summed E-state index contributed by atoms with van der Waals surface area (Å²) in [6.45, 7) is 1.94. The van der Waals surface area contributed by atoms with E-state index in [1.807, 2.05) is 30.3 Å². The first-order valence-corrected chi connectivity index (χ1v) is 14.4. The van der Waals surface area contributed by atoms with Gasteiger partial charge in [-0.05, 0) is 67.8 Å². The van der Waals surface area contributed by atoms with Crippen molar-refractivity contribution >= 4 is 17.6 Å². The number of amides is 2. The molecule has 0 spiro atoms. The van der Waals surface area contributed by atoms with Gasteiger partial charge in [0.15, 0.2) is 6.19 Å². The summed E-state index contributed by atoms with van der Waals surface area (Å²) in [7, 11) is 1.66. The summed E-state index contributed by atoms with van der Waals surface area (Å²) >= 11 is 0. The van der Waals surface area contributed by atoms with Crippen molar-refractivity contribution in [3.63, 3.8) is 0 Å². The molecular formula is C33H28F4N6O2. The van der Waals surface area contributed by atoms with Gasteiger partial charge < -0.3 is 10.2 Å². The molecule has 1 aliphatic carbocycles. The predicted octanol–water partition coefficient (Wildman–Crippen LogP) is 5.73. The minimum absolute atomic E-state index is 0.178. The number of nitriles is 1. The van der Waals surface area contributed by atoms with E-state index in [0.29, 0.717) is 41.2 Å². The van der Waals surface area contributed by atoms with Crippen molar-refractivity contribution in [1.82, 2.24) is 20.0 Å². The van der Waals surface area contributed by atoms with Crippen LogP contribution in [0.2, 0.25) is 0 Å². The average molecular weight is 617 g/mol. The van der Waals surface area contributed by atoms with Crippen LogP contribution in [-0.2, 0) is 16.5 Å². The molecule has 2 heterocycles. The Morgan fingerprint density at radius 3 is 2.38 bits per heavy atom. The second-order valence-corrected chi connectivity index (χ2v) is 11.2. The summed E-state index contributed by atoms with van der Waals surface area (Å²) in [5, 5.41) is 17.7. The molecule has 8 nitrogen and oxygen atoms in total. The van der Waals surface area contributed by atoms with Crippen LogP contribution in [0.4, 0.5) is 23.4 Å². The molecule has 2 aliphatic rings. The SMILES string of the molecule is CCN1C(=O)[C@H](NC(=O)c2cccc(C(F)(F)F)c2)[C@@H](c2ccc(F)cc2)c2c(C3(N(C)C#N)CC3)nn(-c3ccccc3)c21. The standard InChI is InChI=1S/C33H28F4N6O2/c1-3-42-30-26(28(32(16-17-32)41(2)19-38)40-43(30)24-10-5-4-6-11-24)25(20-12-14-23(34)15-13-20)27(31(42)45)39-29(44)21-8-7-9-22(18-21)33(35,36)37/h4-15,18,25,27H,3,16-17H2,1-2H3,(H,39,44)/t25-,27+/m0/s1. The van der Waals surface area contributed by atoms with Gasteiger partial charge in [-0.15, -0.1) is 0 Å². The van der Waals surface area contributed by atoms with Crippen LogP contribution in [0.15, 0.2) is 78.9 Å². The average Bonchev–Trinajstić information content (AvgIpc) is 3.76. The molecule has 1 aliphatic heterocycles. The summed E-state index contributed by atoms with van der Waals surface area (Å²) in [6, 6.07) is 17.3. The van der Waals surface area contributed by atoms with Gasteiger partial charge in [0.2, 0.25) is 0 Å². The van der Waals surface area contributed by atoms with E-state index < -0.39 is 46.9 Å². The highest BCUT2D eigenvalue weighted by Gasteiger charge is 2.56. The Kier molecular flexibility index (Phi) is 7.35. The van der Waals surface area contributed by atoms with Gasteiger partial charge in [-0.1, -0.05) is 36.4 Å². The van der Waals surface area contributed by atoms with Crippen LogP contribution in [0.3, 0.4) is 0 Å². The number of nitrogens with zero attached hydrogens (tertiary/aromatic N) is 5. The highest BCUT2D eigenvalue weighted by molar-refractivity contribution is 6.05. The van der Waals surface area contributed by atoms with E-state index >= 15 is 0 Å². The molecule has 1 N–H and O–H groups in total. The molecule has 3 aromatic carbocycles. The van der Waals surface area contributed by atoms with Gasteiger partial charge >= 0.3 is 6.18 Å². The molecule has 1 aromatic heterocycles. The molecule has 45 heavy (non-hydrogen) atoms. The smallest absolute Gasteiger partial charge is 0.339 e. The number of rotatable bonds is 7. The molecule has 230 valence electrons. The van der Waals surface area contributed by atoms with Gasteiger partial charge in [-0.2, -0.15) is 23.5 Å². The molecule has 0 saturated heterocycles. The maximum atomic E-state index is 14.4. The van der Waals surface area contributed by atoms with E-state index in [4.69, 9.17) is 5.10 Å². The number of fused-ring (bicyclic) bond motifs is 1. The molecule has 0 unspecified atom stereocenters. The van der Waals surface area contributed by atoms with Gasteiger partial charge in [-0.25, -0.2) is 9.07 Å². The fourth-order valence-electron chi connectivity index (χ4n) is 6.13. The monoisotopic (exact) mass is 616 g/mol. The van der Waals surface area contributed by atoms with Crippen molar-refractivity contribution in [2.24, 2.45) is 0 Å². The fourth-order valence-corrected chi connectivity index (χ4v) is 6.13. The molecule has 2 atom stereocenters. The van der Waals surface area contributed by atoms with E-state index in [2.05, 4.69) is 11.5 Å². The second-order valence-electron chi connectivity index (χ2n) is 11.2. The second kappa shape index (κ2) is 11.1. The van der Waals surface area contributed by atoms with Crippen molar-refractivity contribution in [3.05, 3.63) is 113 Å². The zero-order chi connectivity index (χ0) is 32.1. The number of nitrogens with one attached hydrogen (secondary N) is 1. The Morgan fingerprint density at radius 2 is 1.78 bits per heavy atom. The lowest BCUT2D eigenvalue weighted by Crippen LogP contribution is -2.55. The fraction of sp³-hybridized carbons (Fsp3) is 0.273. The Labute approximate surface area is 256 Å². The highest BCUT2D eigenvalue weighted by atomic mass is 19.4. The maximum Gasteiger partial charge on any atom is 0.416 e. The number of para-hydroxylation sites is 1.